The molecule has 6 heteroatoms. The van der Waals surface area contributed by atoms with Crippen molar-refractivity contribution in [1.29, 1.82) is 0 Å². The van der Waals surface area contributed by atoms with Crippen LogP contribution in [0.3, 0.4) is 0 Å². The largest absolute Gasteiger partial charge is 0.329 e. The van der Waals surface area contributed by atoms with Crippen LogP contribution in [-0.2, 0) is 10.0 Å². The molecule has 0 amide bonds. The highest BCUT2D eigenvalue weighted by Gasteiger charge is 2.31. The summed E-state index contributed by atoms with van der Waals surface area (Å²) >= 11 is 0. The van der Waals surface area contributed by atoms with E-state index in [0.29, 0.717) is 17.9 Å². The van der Waals surface area contributed by atoms with Crippen molar-refractivity contribution >= 4 is 20.9 Å². The Hall–Kier alpha value is -1.50. The van der Waals surface area contributed by atoms with E-state index in [1.54, 1.807) is 24.4 Å². The first kappa shape index (κ1) is 16.9. The van der Waals surface area contributed by atoms with Gasteiger partial charge in [-0.05, 0) is 31.4 Å². The monoisotopic (exact) mass is 321 g/mol. The molecule has 0 bridgehead atoms. The Kier molecular flexibility index (Phi) is 4.84. The summed E-state index contributed by atoms with van der Waals surface area (Å²) in [6.45, 7) is 6.16. The van der Waals surface area contributed by atoms with Crippen LogP contribution in [0, 0.1) is 5.92 Å². The van der Waals surface area contributed by atoms with E-state index in [2.05, 4.69) is 9.71 Å². The standard InChI is InChI=1S/C16H23N3O2S/c1-12(2)10-16(3,11-17)19-22(20,21)14-8-4-6-13-7-5-9-18-15(13)14/h4-9,12,19H,10-11,17H2,1-3H3. The quantitative estimate of drug-likeness (QED) is 0.855. The summed E-state index contributed by atoms with van der Waals surface area (Å²) in [4.78, 5) is 4.40. The normalized spacial score (nSPS) is 15.1. The maximum Gasteiger partial charge on any atom is 0.243 e. The predicted octanol–water partition coefficient (Wildman–Crippen LogP) is 2.28. The highest BCUT2D eigenvalue weighted by atomic mass is 32.2. The van der Waals surface area contributed by atoms with Crippen LogP contribution in [0.5, 0.6) is 0 Å². The Morgan fingerprint density at radius 3 is 2.59 bits per heavy atom. The summed E-state index contributed by atoms with van der Waals surface area (Å²) in [5.74, 6) is 0.335. The Morgan fingerprint density at radius 2 is 1.95 bits per heavy atom. The first-order valence-electron chi connectivity index (χ1n) is 7.35. The molecule has 1 atom stereocenters. The molecule has 5 nitrogen and oxygen atoms in total. The number of aromatic nitrogens is 1. The third-order valence-corrected chi connectivity index (χ3v) is 5.25. The SMILES string of the molecule is CC(C)CC(C)(CN)NS(=O)(=O)c1cccc2cccnc12. The number of hydrogen-bond acceptors (Lipinski definition) is 4. The van der Waals surface area contributed by atoms with Crippen molar-refractivity contribution in [2.45, 2.75) is 37.6 Å². The van der Waals surface area contributed by atoms with Gasteiger partial charge in [0.2, 0.25) is 10.0 Å². The minimum Gasteiger partial charge on any atom is -0.329 e. The van der Waals surface area contributed by atoms with Gasteiger partial charge in [0.15, 0.2) is 0 Å². The van der Waals surface area contributed by atoms with Crippen molar-refractivity contribution in [2.75, 3.05) is 6.54 Å². The molecule has 3 N–H and O–H groups in total. The predicted molar refractivity (Wildman–Crippen MR) is 89.0 cm³/mol. The lowest BCUT2D eigenvalue weighted by atomic mass is 9.92. The van der Waals surface area contributed by atoms with Gasteiger partial charge in [-0.25, -0.2) is 13.1 Å². The lowest BCUT2D eigenvalue weighted by Gasteiger charge is -2.30. The van der Waals surface area contributed by atoms with Crippen molar-refractivity contribution in [1.82, 2.24) is 9.71 Å². The molecule has 2 aromatic rings. The first-order valence-corrected chi connectivity index (χ1v) is 8.83. The number of benzene rings is 1. The van der Waals surface area contributed by atoms with Crippen molar-refractivity contribution in [2.24, 2.45) is 11.7 Å². The number of rotatable bonds is 6. The van der Waals surface area contributed by atoms with Crippen molar-refractivity contribution < 1.29 is 8.42 Å². The van der Waals surface area contributed by atoms with Gasteiger partial charge >= 0.3 is 0 Å². The maximum absolute atomic E-state index is 12.8. The molecule has 120 valence electrons. The summed E-state index contributed by atoms with van der Waals surface area (Å²) in [7, 11) is -3.69. The van der Waals surface area contributed by atoms with Crippen LogP contribution in [0.15, 0.2) is 41.4 Å². The smallest absolute Gasteiger partial charge is 0.243 e. The number of nitrogens with two attached hydrogens (primary N) is 1. The van der Waals surface area contributed by atoms with Crippen LogP contribution >= 0.6 is 0 Å². The summed E-state index contributed by atoms with van der Waals surface area (Å²) < 4.78 is 28.4. The van der Waals surface area contributed by atoms with E-state index in [-0.39, 0.29) is 11.4 Å². The number of sulfonamides is 1. The third kappa shape index (κ3) is 3.63. The van der Waals surface area contributed by atoms with Crippen LogP contribution < -0.4 is 10.5 Å². The van der Waals surface area contributed by atoms with E-state index in [1.807, 2.05) is 32.9 Å². The highest BCUT2D eigenvalue weighted by Crippen LogP contribution is 2.24. The van der Waals surface area contributed by atoms with Crippen molar-refractivity contribution in [3.8, 4) is 0 Å². The van der Waals surface area contributed by atoms with Gasteiger partial charge in [0.25, 0.3) is 0 Å². The fraction of sp³-hybridized carbons (Fsp3) is 0.438. The fourth-order valence-corrected chi connectivity index (χ4v) is 4.35. The summed E-state index contributed by atoms with van der Waals surface area (Å²) in [5.41, 5.74) is 5.61. The molecule has 0 fully saturated rings. The number of pyridine rings is 1. The van der Waals surface area contributed by atoms with Crippen molar-refractivity contribution in [3.63, 3.8) is 0 Å². The van der Waals surface area contributed by atoms with E-state index >= 15 is 0 Å². The second kappa shape index (κ2) is 6.32. The van der Waals surface area contributed by atoms with E-state index in [0.717, 1.165) is 5.39 Å². The molecule has 0 spiro atoms. The zero-order valence-corrected chi connectivity index (χ0v) is 14.0. The zero-order chi connectivity index (χ0) is 16.4. The van der Waals surface area contributed by atoms with E-state index in [9.17, 15) is 8.42 Å². The summed E-state index contributed by atoms with van der Waals surface area (Å²) in [6, 6.07) is 8.77. The Morgan fingerprint density at radius 1 is 1.27 bits per heavy atom. The van der Waals surface area contributed by atoms with E-state index in [4.69, 9.17) is 5.73 Å². The van der Waals surface area contributed by atoms with Gasteiger partial charge in [0.1, 0.15) is 4.90 Å². The van der Waals surface area contributed by atoms with Crippen LogP contribution in [0.2, 0.25) is 0 Å². The van der Waals surface area contributed by atoms with Gasteiger partial charge in [-0.3, -0.25) is 4.98 Å². The maximum atomic E-state index is 12.8. The molecular formula is C16H23N3O2S. The van der Waals surface area contributed by atoms with Gasteiger partial charge < -0.3 is 5.73 Å². The minimum atomic E-state index is -3.69. The van der Waals surface area contributed by atoms with Crippen LogP contribution in [0.4, 0.5) is 0 Å². The molecule has 0 radical (unpaired) electrons. The Balaban J connectivity index is 2.45. The van der Waals surface area contributed by atoms with E-state index in [1.165, 1.54) is 0 Å². The minimum absolute atomic E-state index is 0.189. The summed E-state index contributed by atoms with van der Waals surface area (Å²) in [6.07, 6.45) is 2.26. The van der Waals surface area contributed by atoms with Gasteiger partial charge in [0, 0.05) is 23.7 Å². The second-order valence-electron chi connectivity index (χ2n) is 6.30. The lowest BCUT2D eigenvalue weighted by Crippen LogP contribution is -2.52. The van der Waals surface area contributed by atoms with E-state index < -0.39 is 15.6 Å². The zero-order valence-electron chi connectivity index (χ0n) is 13.2. The van der Waals surface area contributed by atoms with Crippen LogP contribution in [0.1, 0.15) is 27.2 Å². The van der Waals surface area contributed by atoms with Gasteiger partial charge in [0.05, 0.1) is 5.52 Å². The number of fused-ring (bicyclic) bond motifs is 1. The molecular weight excluding hydrogens is 298 g/mol. The molecule has 1 aromatic carbocycles. The highest BCUT2D eigenvalue weighted by molar-refractivity contribution is 7.89. The average Bonchev–Trinajstić information content (AvgIpc) is 2.45. The van der Waals surface area contributed by atoms with Crippen LogP contribution in [-0.4, -0.2) is 25.5 Å². The lowest BCUT2D eigenvalue weighted by molar-refractivity contribution is 0.344. The third-order valence-electron chi connectivity index (χ3n) is 3.58. The molecule has 0 aliphatic heterocycles. The van der Waals surface area contributed by atoms with Crippen LogP contribution in [0.25, 0.3) is 10.9 Å². The molecule has 22 heavy (non-hydrogen) atoms. The molecule has 1 heterocycles. The van der Waals surface area contributed by atoms with Crippen molar-refractivity contribution in [3.05, 3.63) is 36.5 Å². The Labute approximate surface area is 132 Å². The van der Waals surface area contributed by atoms with Gasteiger partial charge in [-0.15, -0.1) is 0 Å². The molecule has 2 rings (SSSR count). The molecule has 0 saturated heterocycles. The fourth-order valence-electron chi connectivity index (χ4n) is 2.74. The molecule has 1 aromatic heterocycles. The molecule has 1 unspecified atom stereocenters. The molecule has 0 aliphatic carbocycles. The van der Waals surface area contributed by atoms with Gasteiger partial charge in [-0.1, -0.05) is 32.0 Å². The number of nitrogens with one attached hydrogen (secondary N) is 1. The molecule has 0 aliphatic rings. The number of para-hydroxylation sites is 1. The topological polar surface area (TPSA) is 85.1 Å². The molecule has 0 saturated carbocycles. The number of hydrogen-bond donors (Lipinski definition) is 2. The van der Waals surface area contributed by atoms with Gasteiger partial charge in [-0.2, -0.15) is 0 Å². The first-order chi connectivity index (χ1) is 10.3. The average molecular weight is 321 g/mol. The summed E-state index contributed by atoms with van der Waals surface area (Å²) in [5, 5.41) is 0.795. The Bertz CT molecular complexity index is 754. The number of nitrogens with zero attached hydrogens (tertiary/aromatic N) is 1. The second-order valence-corrected chi connectivity index (χ2v) is 7.95.